The molecule has 0 saturated carbocycles. The maximum absolute atomic E-state index is 10.6. The molecule has 0 unspecified atom stereocenters. The largest absolute Gasteiger partial charge is 0.493 e. The summed E-state index contributed by atoms with van der Waals surface area (Å²) in [4.78, 5) is 10.6. The zero-order valence-corrected chi connectivity index (χ0v) is 13.9. The summed E-state index contributed by atoms with van der Waals surface area (Å²) in [5, 5.41) is 12.8. The highest BCUT2D eigenvalue weighted by Crippen LogP contribution is 2.36. The minimum atomic E-state index is -1.06. The Morgan fingerprint density at radius 2 is 2.09 bits per heavy atom. The number of hydrogen-bond acceptors (Lipinski definition) is 5. The van der Waals surface area contributed by atoms with Gasteiger partial charge in [-0.15, -0.1) is 0 Å². The number of carboxylic acids is 1. The van der Waals surface area contributed by atoms with Crippen LogP contribution in [0.4, 0.5) is 5.69 Å². The van der Waals surface area contributed by atoms with Crippen molar-refractivity contribution in [2.75, 3.05) is 19.1 Å². The number of nitrogens with zero attached hydrogens (tertiary/aromatic N) is 1. The summed E-state index contributed by atoms with van der Waals surface area (Å²) in [7, 11) is 1.48. The second kappa shape index (κ2) is 8.19. The number of para-hydroxylation sites is 1. The first kappa shape index (κ1) is 16.8. The second-order valence-corrected chi connectivity index (χ2v) is 5.31. The summed E-state index contributed by atoms with van der Waals surface area (Å²) in [6, 6.07) is 13.0. The molecule has 0 fully saturated rings. The molecule has 2 N–H and O–H groups in total. The van der Waals surface area contributed by atoms with Gasteiger partial charge in [-0.25, -0.2) is 4.79 Å². The molecule has 2 rings (SSSR count). The first-order valence-corrected chi connectivity index (χ1v) is 7.45. The van der Waals surface area contributed by atoms with Gasteiger partial charge in [-0.05, 0) is 45.8 Å². The summed E-state index contributed by atoms with van der Waals surface area (Å²) < 4.78 is 11.0. The molecule has 0 amide bonds. The SMILES string of the molecule is COc1cc(C=NNc2ccccc2)cc(Br)c1OCC(=O)O. The lowest BCUT2D eigenvalue weighted by molar-refractivity contribution is -0.139. The van der Waals surface area contributed by atoms with E-state index in [2.05, 4.69) is 26.5 Å². The Hall–Kier alpha value is -2.54. The van der Waals surface area contributed by atoms with E-state index in [1.807, 2.05) is 30.3 Å². The Kier molecular flexibility index (Phi) is 5.99. The number of carbonyl (C=O) groups is 1. The molecule has 0 radical (unpaired) electrons. The quantitative estimate of drug-likeness (QED) is 0.570. The lowest BCUT2D eigenvalue weighted by atomic mass is 10.2. The number of hydrazone groups is 1. The van der Waals surface area contributed by atoms with E-state index in [-0.39, 0.29) is 0 Å². The molecular weight excluding hydrogens is 364 g/mol. The minimum absolute atomic E-state index is 0.336. The average Bonchev–Trinajstić information content (AvgIpc) is 2.54. The average molecular weight is 379 g/mol. The van der Waals surface area contributed by atoms with E-state index in [1.54, 1.807) is 18.3 Å². The molecule has 2 aromatic carbocycles. The number of halogens is 1. The number of hydrogen-bond donors (Lipinski definition) is 2. The van der Waals surface area contributed by atoms with Crippen LogP contribution in [-0.2, 0) is 4.79 Å². The predicted octanol–water partition coefficient (Wildman–Crippen LogP) is 3.37. The third-order valence-corrected chi connectivity index (χ3v) is 3.36. The first-order valence-electron chi connectivity index (χ1n) is 6.66. The Morgan fingerprint density at radius 1 is 1.35 bits per heavy atom. The van der Waals surface area contributed by atoms with Crippen molar-refractivity contribution in [3.63, 3.8) is 0 Å². The van der Waals surface area contributed by atoms with E-state index < -0.39 is 12.6 Å². The Bertz CT molecular complexity index is 705. The van der Waals surface area contributed by atoms with E-state index in [1.165, 1.54) is 7.11 Å². The van der Waals surface area contributed by atoms with Crippen LogP contribution in [0, 0.1) is 0 Å². The third-order valence-electron chi connectivity index (χ3n) is 2.77. The number of benzene rings is 2. The first-order chi connectivity index (χ1) is 11.1. The van der Waals surface area contributed by atoms with Gasteiger partial charge in [0.05, 0.1) is 23.5 Å². The smallest absolute Gasteiger partial charge is 0.341 e. The maximum atomic E-state index is 10.6. The van der Waals surface area contributed by atoms with Gasteiger partial charge in [0.1, 0.15) is 0 Å². The number of ether oxygens (including phenoxy) is 2. The van der Waals surface area contributed by atoms with Gasteiger partial charge < -0.3 is 14.6 Å². The number of anilines is 1. The van der Waals surface area contributed by atoms with Crippen molar-refractivity contribution in [1.29, 1.82) is 0 Å². The van der Waals surface area contributed by atoms with Crippen LogP contribution in [0.3, 0.4) is 0 Å². The van der Waals surface area contributed by atoms with Gasteiger partial charge in [-0.2, -0.15) is 5.10 Å². The monoisotopic (exact) mass is 378 g/mol. The summed E-state index contributed by atoms with van der Waals surface area (Å²) >= 11 is 3.35. The van der Waals surface area contributed by atoms with Gasteiger partial charge in [-0.1, -0.05) is 18.2 Å². The number of nitrogens with one attached hydrogen (secondary N) is 1. The topological polar surface area (TPSA) is 80.1 Å². The van der Waals surface area contributed by atoms with Gasteiger partial charge >= 0.3 is 5.97 Å². The molecule has 0 atom stereocenters. The van der Waals surface area contributed by atoms with Crippen LogP contribution in [0.2, 0.25) is 0 Å². The highest BCUT2D eigenvalue weighted by molar-refractivity contribution is 9.10. The number of methoxy groups -OCH3 is 1. The van der Waals surface area contributed by atoms with Crippen molar-refractivity contribution in [2.45, 2.75) is 0 Å². The molecule has 0 bridgehead atoms. The number of aliphatic carboxylic acids is 1. The molecule has 7 heteroatoms. The second-order valence-electron chi connectivity index (χ2n) is 4.45. The number of rotatable bonds is 7. The standard InChI is InChI=1S/C16H15BrN2O4/c1-22-14-8-11(7-13(17)16(14)23-10-15(20)21)9-18-19-12-5-3-2-4-6-12/h2-9,19H,10H2,1H3,(H,20,21). The third kappa shape index (κ3) is 5.00. The van der Waals surface area contributed by atoms with Crippen molar-refractivity contribution in [3.05, 3.63) is 52.5 Å². The highest BCUT2D eigenvalue weighted by Gasteiger charge is 2.12. The van der Waals surface area contributed by atoms with Crippen LogP contribution in [0.15, 0.2) is 52.0 Å². The number of carboxylic acid groups (broad SMARTS) is 1. The van der Waals surface area contributed by atoms with Crippen molar-refractivity contribution in [1.82, 2.24) is 0 Å². The van der Waals surface area contributed by atoms with Crippen molar-refractivity contribution in [3.8, 4) is 11.5 Å². The van der Waals surface area contributed by atoms with Gasteiger partial charge in [0.15, 0.2) is 18.1 Å². The molecule has 0 aliphatic rings. The van der Waals surface area contributed by atoms with Gasteiger partial charge in [-0.3, -0.25) is 5.43 Å². The van der Waals surface area contributed by atoms with Crippen LogP contribution in [0.1, 0.15) is 5.56 Å². The summed E-state index contributed by atoms with van der Waals surface area (Å²) in [5.41, 5.74) is 4.54. The fourth-order valence-corrected chi connectivity index (χ4v) is 2.36. The van der Waals surface area contributed by atoms with E-state index in [0.29, 0.717) is 16.0 Å². The summed E-state index contributed by atoms with van der Waals surface area (Å²) in [6.45, 7) is -0.446. The molecule has 2 aromatic rings. The molecule has 6 nitrogen and oxygen atoms in total. The maximum Gasteiger partial charge on any atom is 0.341 e. The van der Waals surface area contributed by atoms with E-state index in [9.17, 15) is 4.79 Å². The lowest BCUT2D eigenvalue weighted by Gasteiger charge is -2.12. The van der Waals surface area contributed by atoms with Crippen LogP contribution >= 0.6 is 15.9 Å². The Labute approximate surface area is 141 Å². The zero-order valence-electron chi connectivity index (χ0n) is 12.3. The van der Waals surface area contributed by atoms with Gasteiger partial charge in [0.2, 0.25) is 0 Å². The molecule has 0 spiro atoms. The van der Waals surface area contributed by atoms with Gasteiger partial charge in [0.25, 0.3) is 0 Å². The molecule has 0 heterocycles. The van der Waals surface area contributed by atoms with Crippen molar-refractivity contribution < 1.29 is 19.4 Å². The van der Waals surface area contributed by atoms with Crippen LogP contribution in [0.25, 0.3) is 0 Å². The zero-order chi connectivity index (χ0) is 16.7. The molecular formula is C16H15BrN2O4. The molecule has 23 heavy (non-hydrogen) atoms. The Balaban J connectivity index is 2.13. The predicted molar refractivity (Wildman–Crippen MR) is 91.5 cm³/mol. The fourth-order valence-electron chi connectivity index (χ4n) is 1.78. The Morgan fingerprint density at radius 3 is 2.74 bits per heavy atom. The summed E-state index contributed by atoms with van der Waals surface area (Å²) in [6.07, 6.45) is 1.63. The molecule has 120 valence electrons. The van der Waals surface area contributed by atoms with E-state index in [4.69, 9.17) is 14.6 Å². The highest BCUT2D eigenvalue weighted by atomic mass is 79.9. The molecule has 0 aliphatic carbocycles. The normalized spacial score (nSPS) is 10.5. The van der Waals surface area contributed by atoms with E-state index in [0.717, 1.165) is 11.3 Å². The molecule has 0 saturated heterocycles. The minimum Gasteiger partial charge on any atom is -0.493 e. The summed E-state index contributed by atoms with van der Waals surface area (Å²) in [5.74, 6) is -0.304. The molecule has 0 aliphatic heterocycles. The molecule has 0 aromatic heterocycles. The van der Waals surface area contributed by atoms with Crippen LogP contribution in [0.5, 0.6) is 11.5 Å². The van der Waals surface area contributed by atoms with E-state index >= 15 is 0 Å². The van der Waals surface area contributed by atoms with Gasteiger partial charge in [0, 0.05) is 0 Å². The van der Waals surface area contributed by atoms with Crippen molar-refractivity contribution in [2.24, 2.45) is 5.10 Å². The van der Waals surface area contributed by atoms with Crippen LogP contribution < -0.4 is 14.9 Å². The lowest BCUT2D eigenvalue weighted by Crippen LogP contribution is -2.10. The fraction of sp³-hybridized carbons (Fsp3) is 0.125. The van der Waals surface area contributed by atoms with Crippen molar-refractivity contribution >= 4 is 33.8 Å². The van der Waals surface area contributed by atoms with Crippen LogP contribution in [-0.4, -0.2) is 31.0 Å².